The molecule has 1 heterocycles. The Morgan fingerprint density at radius 3 is 2.57 bits per heavy atom. The third-order valence-corrected chi connectivity index (χ3v) is 4.94. The van der Waals surface area contributed by atoms with E-state index in [4.69, 9.17) is 12.2 Å². The number of anilines is 1. The summed E-state index contributed by atoms with van der Waals surface area (Å²) < 4.78 is 0.594. The van der Waals surface area contributed by atoms with Crippen LogP contribution in [0.3, 0.4) is 0 Å². The largest absolute Gasteiger partial charge is 0.360 e. The van der Waals surface area contributed by atoms with Gasteiger partial charge in [-0.05, 0) is 24.1 Å². The van der Waals surface area contributed by atoms with Gasteiger partial charge in [0.1, 0.15) is 4.32 Å². The average molecular weight is 340 g/mol. The van der Waals surface area contributed by atoms with E-state index in [0.717, 1.165) is 16.8 Å². The van der Waals surface area contributed by atoms with Gasteiger partial charge in [-0.1, -0.05) is 72.5 Å². The Labute approximate surface area is 145 Å². The summed E-state index contributed by atoms with van der Waals surface area (Å²) in [5, 5.41) is 3.20. The van der Waals surface area contributed by atoms with Gasteiger partial charge in [0.2, 0.25) is 0 Å². The zero-order valence-corrected chi connectivity index (χ0v) is 14.3. The average Bonchev–Trinajstić information content (AvgIpc) is 2.83. The molecule has 3 nitrogen and oxygen atoms in total. The van der Waals surface area contributed by atoms with Gasteiger partial charge in [-0.3, -0.25) is 9.69 Å². The quantitative estimate of drug-likeness (QED) is 0.664. The summed E-state index contributed by atoms with van der Waals surface area (Å²) in [4.78, 5) is 14.8. The number of carbonyl (C=O) groups is 1. The second kappa shape index (κ2) is 6.98. The molecule has 1 saturated heterocycles. The number of para-hydroxylation sites is 1. The summed E-state index contributed by atoms with van der Waals surface area (Å²) in [7, 11) is 0. The van der Waals surface area contributed by atoms with Crippen LogP contribution in [0, 0.1) is 6.92 Å². The lowest BCUT2D eigenvalue weighted by Crippen LogP contribution is -2.27. The van der Waals surface area contributed by atoms with Crippen molar-refractivity contribution in [2.75, 3.05) is 5.32 Å². The van der Waals surface area contributed by atoms with Crippen molar-refractivity contribution in [2.45, 2.75) is 13.5 Å². The number of amides is 1. The maximum atomic E-state index is 12.5. The zero-order valence-electron chi connectivity index (χ0n) is 12.7. The fourth-order valence-corrected chi connectivity index (χ4v) is 3.46. The first kappa shape index (κ1) is 15.8. The first-order valence-corrected chi connectivity index (χ1v) is 8.47. The lowest BCUT2D eigenvalue weighted by atomic mass is 10.2. The Hall–Kier alpha value is -2.11. The summed E-state index contributed by atoms with van der Waals surface area (Å²) >= 11 is 6.68. The van der Waals surface area contributed by atoms with Gasteiger partial charge in [0.15, 0.2) is 0 Å². The topological polar surface area (TPSA) is 32.3 Å². The van der Waals surface area contributed by atoms with Crippen LogP contribution in [-0.2, 0) is 11.3 Å². The van der Waals surface area contributed by atoms with Crippen molar-refractivity contribution in [1.82, 2.24) is 4.90 Å². The van der Waals surface area contributed by atoms with E-state index in [1.54, 1.807) is 11.1 Å². The summed E-state index contributed by atoms with van der Waals surface area (Å²) in [6.07, 6.45) is 1.74. The summed E-state index contributed by atoms with van der Waals surface area (Å²) in [6.45, 7) is 2.53. The first-order chi connectivity index (χ1) is 11.1. The minimum Gasteiger partial charge on any atom is -0.360 e. The second-order valence-electron chi connectivity index (χ2n) is 5.21. The number of hydrogen-bond acceptors (Lipinski definition) is 4. The van der Waals surface area contributed by atoms with Gasteiger partial charge in [-0.2, -0.15) is 0 Å². The van der Waals surface area contributed by atoms with Crippen molar-refractivity contribution >= 4 is 39.9 Å². The number of carbonyl (C=O) groups excluding carboxylic acids is 1. The van der Waals surface area contributed by atoms with E-state index in [-0.39, 0.29) is 5.91 Å². The van der Waals surface area contributed by atoms with Crippen LogP contribution in [-0.4, -0.2) is 15.1 Å². The number of nitrogens with zero attached hydrogens (tertiary/aromatic N) is 1. The Kier molecular flexibility index (Phi) is 4.79. The van der Waals surface area contributed by atoms with Crippen molar-refractivity contribution in [2.24, 2.45) is 0 Å². The summed E-state index contributed by atoms with van der Waals surface area (Å²) in [6, 6.07) is 17.8. The van der Waals surface area contributed by atoms with E-state index in [9.17, 15) is 4.79 Å². The van der Waals surface area contributed by atoms with Crippen LogP contribution in [0.1, 0.15) is 11.1 Å². The molecule has 0 saturated carbocycles. The highest BCUT2D eigenvalue weighted by Gasteiger charge is 2.31. The Morgan fingerprint density at radius 2 is 1.83 bits per heavy atom. The molecule has 1 aliphatic rings. The molecule has 1 aliphatic heterocycles. The molecule has 0 bridgehead atoms. The maximum absolute atomic E-state index is 12.5. The molecule has 116 valence electrons. The number of hydrogen-bond donors (Lipinski definition) is 1. The van der Waals surface area contributed by atoms with Gasteiger partial charge in [-0.25, -0.2) is 0 Å². The van der Waals surface area contributed by atoms with E-state index in [1.807, 2.05) is 61.5 Å². The SMILES string of the molecule is Cc1ccccc1N/C=C1/SC(=S)N(Cc2ccccc2)C1=O. The van der Waals surface area contributed by atoms with E-state index in [2.05, 4.69) is 5.32 Å². The molecule has 23 heavy (non-hydrogen) atoms. The lowest BCUT2D eigenvalue weighted by molar-refractivity contribution is -0.122. The van der Waals surface area contributed by atoms with Gasteiger partial charge in [0.25, 0.3) is 5.91 Å². The van der Waals surface area contributed by atoms with Gasteiger partial charge in [0.05, 0.1) is 11.4 Å². The summed E-state index contributed by atoms with van der Waals surface area (Å²) in [5.74, 6) is -0.0510. The summed E-state index contributed by atoms with van der Waals surface area (Å²) in [5.41, 5.74) is 3.18. The van der Waals surface area contributed by atoms with Crippen molar-refractivity contribution in [1.29, 1.82) is 0 Å². The molecule has 0 radical (unpaired) electrons. The standard InChI is InChI=1S/C18H16N2OS2/c1-13-7-5-6-10-15(13)19-11-16-17(21)20(18(22)23-16)12-14-8-3-2-4-9-14/h2-11,19H,12H2,1H3/b16-11+. The van der Waals surface area contributed by atoms with Crippen LogP contribution in [0.4, 0.5) is 5.69 Å². The third-order valence-electron chi connectivity index (χ3n) is 3.56. The van der Waals surface area contributed by atoms with Gasteiger partial charge in [0, 0.05) is 11.9 Å². The molecule has 5 heteroatoms. The molecule has 0 unspecified atom stereocenters. The smallest absolute Gasteiger partial charge is 0.267 e. The van der Waals surface area contributed by atoms with Crippen molar-refractivity contribution < 1.29 is 4.79 Å². The van der Waals surface area contributed by atoms with Crippen LogP contribution in [0.15, 0.2) is 65.7 Å². The Bertz CT molecular complexity index is 772. The van der Waals surface area contributed by atoms with Crippen molar-refractivity contribution in [3.63, 3.8) is 0 Å². The molecule has 1 N–H and O–H groups in total. The predicted octanol–water partition coefficient (Wildman–Crippen LogP) is 4.31. The highest BCUT2D eigenvalue weighted by molar-refractivity contribution is 8.26. The normalized spacial score (nSPS) is 16.2. The van der Waals surface area contributed by atoms with Crippen molar-refractivity contribution in [3.8, 4) is 0 Å². The molecular weight excluding hydrogens is 324 g/mol. The highest BCUT2D eigenvalue weighted by atomic mass is 32.2. The molecule has 2 aromatic carbocycles. The predicted molar refractivity (Wildman–Crippen MR) is 100 cm³/mol. The molecule has 3 rings (SSSR count). The highest BCUT2D eigenvalue weighted by Crippen LogP contribution is 2.32. The van der Waals surface area contributed by atoms with Crippen molar-refractivity contribution in [3.05, 3.63) is 76.8 Å². The molecule has 0 aromatic heterocycles. The number of nitrogens with one attached hydrogen (secondary N) is 1. The number of aryl methyl sites for hydroxylation is 1. The minimum absolute atomic E-state index is 0.0510. The number of rotatable bonds is 4. The van der Waals surface area contributed by atoms with E-state index >= 15 is 0 Å². The zero-order chi connectivity index (χ0) is 16.2. The maximum Gasteiger partial charge on any atom is 0.267 e. The first-order valence-electron chi connectivity index (χ1n) is 7.25. The van der Waals surface area contributed by atoms with Crippen LogP contribution in [0.5, 0.6) is 0 Å². The van der Waals surface area contributed by atoms with Gasteiger partial charge >= 0.3 is 0 Å². The van der Waals surface area contributed by atoms with Gasteiger partial charge in [-0.15, -0.1) is 0 Å². The van der Waals surface area contributed by atoms with E-state index in [0.29, 0.717) is 15.8 Å². The van der Waals surface area contributed by atoms with E-state index < -0.39 is 0 Å². The van der Waals surface area contributed by atoms with E-state index in [1.165, 1.54) is 11.8 Å². The molecule has 1 fully saturated rings. The second-order valence-corrected chi connectivity index (χ2v) is 6.89. The number of benzene rings is 2. The number of thioether (sulfide) groups is 1. The minimum atomic E-state index is -0.0510. The molecule has 1 amide bonds. The van der Waals surface area contributed by atoms with Crippen LogP contribution < -0.4 is 5.32 Å². The Morgan fingerprint density at radius 1 is 1.13 bits per heavy atom. The molecule has 2 aromatic rings. The van der Waals surface area contributed by atoms with Gasteiger partial charge < -0.3 is 5.32 Å². The molecule has 0 atom stereocenters. The fraction of sp³-hybridized carbons (Fsp3) is 0.111. The van der Waals surface area contributed by atoms with Crippen LogP contribution in [0.25, 0.3) is 0 Å². The molecule has 0 spiro atoms. The van der Waals surface area contributed by atoms with Crippen LogP contribution in [0.2, 0.25) is 0 Å². The molecule has 0 aliphatic carbocycles. The molecular formula is C18H16N2OS2. The Balaban J connectivity index is 1.73. The number of thiocarbonyl (C=S) groups is 1. The monoisotopic (exact) mass is 340 g/mol. The lowest BCUT2D eigenvalue weighted by Gasteiger charge is -2.14. The fourth-order valence-electron chi connectivity index (χ4n) is 2.28. The third kappa shape index (κ3) is 3.63. The van der Waals surface area contributed by atoms with Crippen LogP contribution >= 0.6 is 24.0 Å².